The topological polar surface area (TPSA) is 87.0 Å². The Balaban J connectivity index is 2.45. The molecule has 0 amide bonds. The van der Waals surface area contributed by atoms with E-state index in [-0.39, 0.29) is 11.7 Å². The number of hydrogen-bond donors (Lipinski definition) is 1. The predicted molar refractivity (Wildman–Crippen MR) is 73.2 cm³/mol. The molecule has 2 rings (SSSR count). The molecule has 19 heavy (non-hydrogen) atoms. The van der Waals surface area contributed by atoms with Crippen molar-refractivity contribution >= 4 is 23.1 Å². The number of non-ortho nitro benzene ring substituents is 1. The highest BCUT2D eigenvalue weighted by molar-refractivity contribution is 6.32. The molecule has 2 N–H and O–H groups in total. The van der Waals surface area contributed by atoms with Gasteiger partial charge in [0.05, 0.1) is 17.2 Å². The van der Waals surface area contributed by atoms with Crippen molar-refractivity contribution in [1.82, 2.24) is 9.78 Å². The summed E-state index contributed by atoms with van der Waals surface area (Å²) in [5.74, 6) is 0.361. The number of hydrogen-bond acceptors (Lipinski definition) is 4. The van der Waals surface area contributed by atoms with Gasteiger partial charge in [-0.25, -0.2) is 4.68 Å². The summed E-state index contributed by atoms with van der Waals surface area (Å²) in [7, 11) is 0. The Labute approximate surface area is 114 Å². The van der Waals surface area contributed by atoms with E-state index in [1.54, 1.807) is 10.7 Å². The molecule has 7 heteroatoms. The van der Waals surface area contributed by atoms with E-state index >= 15 is 0 Å². The highest BCUT2D eigenvalue weighted by Crippen LogP contribution is 2.29. The first-order chi connectivity index (χ1) is 9.04. The molecule has 0 fully saturated rings. The van der Waals surface area contributed by atoms with Crippen LogP contribution in [0.3, 0.4) is 0 Å². The average Bonchev–Trinajstić information content (AvgIpc) is 2.72. The summed E-state index contributed by atoms with van der Waals surface area (Å²) in [5.41, 5.74) is 6.68. The third-order valence-corrected chi connectivity index (χ3v) is 3.23. The Bertz CT molecular complexity index is 612. The molecular weight excluding hydrogens is 268 g/mol. The van der Waals surface area contributed by atoms with Crippen molar-refractivity contribution < 1.29 is 4.92 Å². The highest BCUT2D eigenvalue weighted by Gasteiger charge is 2.18. The second-order valence-corrected chi connectivity index (χ2v) is 4.51. The van der Waals surface area contributed by atoms with Gasteiger partial charge in [0.15, 0.2) is 0 Å². The summed E-state index contributed by atoms with van der Waals surface area (Å²) >= 11 is 5.88. The maximum atomic E-state index is 10.8. The van der Waals surface area contributed by atoms with Crippen molar-refractivity contribution in [2.24, 2.45) is 0 Å². The van der Waals surface area contributed by atoms with E-state index in [0.717, 1.165) is 5.56 Å². The van der Waals surface area contributed by atoms with Gasteiger partial charge in [-0.3, -0.25) is 10.1 Å². The Morgan fingerprint density at radius 3 is 2.84 bits per heavy atom. The fourth-order valence-electron chi connectivity index (χ4n) is 1.99. The standard InChI is InChI=1S/C12H13ClN4O2/c1-2-11(16-12(14)10(13)7-15-16)8-4-3-5-9(6-8)17(18)19/h3-7,11H,2,14H2,1H3. The molecule has 1 heterocycles. The lowest BCUT2D eigenvalue weighted by Crippen LogP contribution is -2.14. The average molecular weight is 281 g/mol. The lowest BCUT2D eigenvalue weighted by Gasteiger charge is -2.17. The summed E-state index contributed by atoms with van der Waals surface area (Å²) in [5, 5.41) is 15.3. The minimum absolute atomic E-state index is 0.0489. The number of nitrogens with two attached hydrogens (primary N) is 1. The lowest BCUT2D eigenvalue weighted by atomic mass is 10.0. The van der Waals surface area contributed by atoms with Crippen LogP contribution in [-0.2, 0) is 0 Å². The van der Waals surface area contributed by atoms with Gasteiger partial charge in [-0.15, -0.1) is 0 Å². The molecule has 1 aromatic heterocycles. The van der Waals surface area contributed by atoms with Crippen LogP contribution in [0.5, 0.6) is 0 Å². The number of aromatic nitrogens is 2. The zero-order valence-electron chi connectivity index (χ0n) is 10.3. The second-order valence-electron chi connectivity index (χ2n) is 4.10. The van der Waals surface area contributed by atoms with E-state index in [0.29, 0.717) is 17.3 Å². The summed E-state index contributed by atoms with van der Waals surface area (Å²) in [6, 6.07) is 6.28. The Morgan fingerprint density at radius 1 is 1.58 bits per heavy atom. The second kappa shape index (κ2) is 5.27. The van der Waals surface area contributed by atoms with Crippen LogP contribution in [0.25, 0.3) is 0 Å². The third-order valence-electron chi connectivity index (χ3n) is 2.93. The number of nitro groups is 1. The molecule has 1 unspecified atom stereocenters. The van der Waals surface area contributed by atoms with Crippen LogP contribution in [-0.4, -0.2) is 14.7 Å². The van der Waals surface area contributed by atoms with Gasteiger partial charge in [-0.1, -0.05) is 30.7 Å². The molecule has 0 spiro atoms. The molecule has 0 saturated carbocycles. The van der Waals surface area contributed by atoms with Crippen LogP contribution in [0.1, 0.15) is 24.9 Å². The third kappa shape index (κ3) is 2.53. The molecule has 0 aliphatic rings. The van der Waals surface area contributed by atoms with Gasteiger partial charge in [0, 0.05) is 12.1 Å². The van der Waals surface area contributed by atoms with E-state index < -0.39 is 4.92 Å². The maximum Gasteiger partial charge on any atom is 0.269 e. The predicted octanol–water partition coefficient (Wildman–Crippen LogP) is 3.03. The normalized spacial score (nSPS) is 12.3. The van der Waals surface area contributed by atoms with E-state index in [4.69, 9.17) is 17.3 Å². The van der Waals surface area contributed by atoms with Crippen molar-refractivity contribution in [2.75, 3.05) is 5.73 Å². The molecule has 0 radical (unpaired) electrons. The molecular formula is C12H13ClN4O2. The smallest absolute Gasteiger partial charge is 0.269 e. The lowest BCUT2D eigenvalue weighted by molar-refractivity contribution is -0.384. The van der Waals surface area contributed by atoms with Crippen LogP contribution < -0.4 is 5.73 Å². The molecule has 1 aromatic carbocycles. The quantitative estimate of drug-likeness (QED) is 0.689. The van der Waals surface area contributed by atoms with Gasteiger partial charge in [-0.2, -0.15) is 5.10 Å². The summed E-state index contributed by atoms with van der Waals surface area (Å²) in [6.07, 6.45) is 2.17. The van der Waals surface area contributed by atoms with Gasteiger partial charge >= 0.3 is 0 Å². The fraction of sp³-hybridized carbons (Fsp3) is 0.250. The summed E-state index contributed by atoms with van der Waals surface area (Å²) in [4.78, 5) is 10.4. The molecule has 1 atom stereocenters. The molecule has 6 nitrogen and oxygen atoms in total. The summed E-state index contributed by atoms with van der Waals surface area (Å²) < 4.78 is 1.58. The minimum atomic E-state index is -0.421. The number of anilines is 1. The number of nitrogen functional groups attached to an aromatic ring is 1. The van der Waals surface area contributed by atoms with E-state index in [9.17, 15) is 10.1 Å². The Kier molecular flexibility index (Phi) is 3.71. The fourth-order valence-corrected chi connectivity index (χ4v) is 2.12. The molecule has 0 aliphatic carbocycles. The van der Waals surface area contributed by atoms with Gasteiger partial charge in [0.25, 0.3) is 5.69 Å². The zero-order chi connectivity index (χ0) is 14.0. The highest BCUT2D eigenvalue weighted by atomic mass is 35.5. The number of halogens is 1. The number of benzene rings is 1. The van der Waals surface area contributed by atoms with Crippen molar-refractivity contribution in [3.05, 3.63) is 51.2 Å². The molecule has 0 saturated heterocycles. The van der Waals surface area contributed by atoms with Crippen molar-refractivity contribution in [3.8, 4) is 0 Å². The van der Waals surface area contributed by atoms with Gasteiger partial charge in [0.2, 0.25) is 0 Å². The number of rotatable bonds is 4. The first-order valence-electron chi connectivity index (χ1n) is 5.77. The van der Waals surface area contributed by atoms with Crippen LogP contribution in [0.4, 0.5) is 11.5 Å². The molecule has 0 aliphatic heterocycles. The van der Waals surface area contributed by atoms with Gasteiger partial charge < -0.3 is 5.73 Å². The van der Waals surface area contributed by atoms with Crippen LogP contribution >= 0.6 is 11.6 Å². The zero-order valence-corrected chi connectivity index (χ0v) is 11.0. The van der Waals surface area contributed by atoms with Crippen molar-refractivity contribution in [3.63, 3.8) is 0 Å². The largest absolute Gasteiger partial charge is 0.383 e. The first-order valence-corrected chi connectivity index (χ1v) is 6.15. The monoisotopic (exact) mass is 280 g/mol. The molecule has 0 bridgehead atoms. The SMILES string of the molecule is CCC(c1cccc([N+](=O)[O-])c1)n1ncc(Cl)c1N. The van der Waals surface area contributed by atoms with Crippen molar-refractivity contribution in [2.45, 2.75) is 19.4 Å². The van der Waals surface area contributed by atoms with Crippen LogP contribution in [0.15, 0.2) is 30.5 Å². The Hall–Kier alpha value is -2.08. The van der Waals surface area contributed by atoms with Crippen LogP contribution in [0, 0.1) is 10.1 Å². The molecule has 2 aromatic rings. The number of nitro benzene ring substituents is 1. The number of nitrogens with zero attached hydrogens (tertiary/aromatic N) is 3. The Morgan fingerprint density at radius 2 is 2.32 bits per heavy atom. The van der Waals surface area contributed by atoms with E-state index in [1.807, 2.05) is 13.0 Å². The minimum Gasteiger partial charge on any atom is -0.383 e. The van der Waals surface area contributed by atoms with E-state index in [2.05, 4.69) is 5.10 Å². The summed E-state index contributed by atoms with van der Waals surface area (Å²) in [6.45, 7) is 1.96. The molecule has 100 valence electrons. The maximum absolute atomic E-state index is 10.8. The van der Waals surface area contributed by atoms with E-state index in [1.165, 1.54) is 18.3 Å². The van der Waals surface area contributed by atoms with Gasteiger partial charge in [0.1, 0.15) is 10.8 Å². The van der Waals surface area contributed by atoms with Crippen LogP contribution in [0.2, 0.25) is 5.02 Å². The van der Waals surface area contributed by atoms with Gasteiger partial charge in [-0.05, 0) is 12.0 Å². The van der Waals surface area contributed by atoms with Crippen molar-refractivity contribution in [1.29, 1.82) is 0 Å². The first kappa shape index (κ1) is 13.4.